The lowest BCUT2D eigenvalue weighted by Gasteiger charge is -2.33. The van der Waals surface area contributed by atoms with Gasteiger partial charge in [0.1, 0.15) is 6.33 Å². The number of benzene rings is 1. The van der Waals surface area contributed by atoms with E-state index in [0.717, 1.165) is 17.8 Å². The summed E-state index contributed by atoms with van der Waals surface area (Å²) in [6, 6.07) is 11.9. The second kappa shape index (κ2) is 8.55. The highest BCUT2D eigenvalue weighted by Gasteiger charge is 2.25. The molecule has 1 fully saturated rings. The number of fused-ring (bicyclic) bond motifs is 1. The predicted octanol–water partition coefficient (Wildman–Crippen LogP) is 3.80. The van der Waals surface area contributed by atoms with Crippen LogP contribution in [-0.4, -0.2) is 61.7 Å². The highest BCUT2D eigenvalue weighted by atomic mass is 16.4. The van der Waals surface area contributed by atoms with Gasteiger partial charge in [-0.05, 0) is 36.6 Å². The first-order valence-electron chi connectivity index (χ1n) is 11.5. The zero-order valence-corrected chi connectivity index (χ0v) is 20.0. The molecular formula is C25H29N7O2. The number of rotatable bonds is 4. The van der Waals surface area contributed by atoms with Gasteiger partial charge < -0.3 is 14.2 Å². The van der Waals surface area contributed by atoms with E-state index in [0.29, 0.717) is 54.8 Å². The topological polar surface area (TPSA) is 93.2 Å². The summed E-state index contributed by atoms with van der Waals surface area (Å²) in [6.07, 6.45) is 1.76. The number of aromatic nitrogens is 5. The monoisotopic (exact) mass is 459 g/mol. The van der Waals surface area contributed by atoms with Crippen molar-refractivity contribution >= 4 is 23.2 Å². The summed E-state index contributed by atoms with van der Waals surface area (Å²) in [7, 11) is 0. The van der Waals surface area contributed by atoms with Crippen molar-refractivity contribution in [3.63, 3.8) is 0 Å². The van der Waals surface area contributed by atoms with E-state index < -0.39 is 0 Å². The van der Waals surface area contributed by atoms with Gasteiger partial charge in [0.15, 0.2) is 11.4 Å². The quantitative estimate of drug-likeness (QED) is 0.458. The third-order valence-corrected chi connectivity index (χ3v) is 5.78. The molecule has 5 rings (SSSR count). The summed E-state index contributed by atoms with van der Waals surface area (Å²) in [5.74, 6) is 0.687. The second-order valence-corrected chi connectivity index (χ2v) is 9.95. The number of carbonyl (C=O) groups is 1. The van der Waals surface area contributed by atoms with Crippen LogP contribution in [0.4, 0.5) is 6.01 Å². The van der Waals surface area contributed by atoms with Crippen LogP contribution in [0.15, 0.2) is 47.1 Å². The Kier molecular flexibility index (Phi) is 5.55. The van der Waals surface area contributed by atoms with Crippen molar-refractivity contribution in [2.45, 2.75) is 34.2 Å². The number of hydrogen-bond acceptors (Lipinski definition) is 7. The number of aryl methyl sites for hydroxylation is 1. The molecule has 0 N–H and O–H groups in total. The first kappa shape index (κ1) is 22.1. The molecule has 1 aromatic carbocycles. The summed E-state index contributed by atoms with van der Waals surface area (Å²) in [5.41, 5.74) is 3.88. The maximum atomic E-state index is 13.1. The van der Waals surface area contributed by atoms with Crippen molar-refractivity contribution in [2.75, 3.05) is 31.1 Å². The fourth-order valence-corrected chi connectivity index (χ4v) is 4.07. The Balaban J connectivity index is 1.21. The highest BCUT2D eigenvalue weighted by Crippen LogP contribution is 2.23. The van der Waals surface area contributed by atoms with E-state index in [1.807, 2.05) is 52.9 Å². The molecule has 1 amide bonds. The average Bonchev–Trinajstić information content (AvgIpc) is 3.44. The molecule has 1 saturated heterocycles. The number of amides is 1. The molecule has 0 saturated carbocycles. The molecule has 3 aromatic heterocycles. The SMILES string of the molecule is Cc1ccc2oc(N3CCN(C(=O)c4ccc(-c5ncn(CC(C)(C)C)n5)cc4)CC3)nc2n1. The van der Waals surface area contributed by atoms with Crippen LogP contribution in [0.5, 0.6) is 0 Å². The molecule has 4 aromatic rings. The lowest BCUT2D eigenvalue weighted by atomic mass is 9.97. The Morgan fingerprint density at radius 3 is 2.44 bits per heavy atom. The zero-order chi connectivity index (χ0) is 23.9. The van der Waals surface area contributed by atoms with E-state index >= 15 is 0 Å². The van der Waals surface area contributed by atoms with Gasteiger partial charge in [0.25, 0.3) is 11.9 Å². The van der Waals surface area contributed by atoms with E-state index in [-0.39, 0.29) is 11.3 Å². The number of anilines is 1. The van der Waals surface area contributed by atoms with Crippen molar-refractivity contribution in [3.05, 3.63) is 54.0 Å². The minimum atomic E-state index is 0.0206. The van der Waals surface area contributed by atoms with Gasteiger partial charge in [-0.1, -0.05) is 32.9 Å². The molecule has 9 heteroatoms. The van der Waals surface area contributed by atoms with Crippen LogP contribution in [0.1, 0.15) is 36.8 Å². The number of hydrogen-bond donors (Lipinski definition) is 0. The van der Waals surface area contributed by atoms with E-state index in [9.17, 15) is 4.79 Å². The molecule has 176 valence electrons. The minimum absolute atomic E-state index is 0.0206. The normalized spacial score (nSPS) is 14.7. The van der Waals surface area contributed by atoms with Gasteiger partial charge >= 0.3 is 0 Å². The summed E-state index contributed by atoms with van der Waals surface area (Å²) >= 11 is 0. The number of pyridine rings is 1. The van der Waals surface area contributed by atoms with E-state index in [1.165, 1.54) is 0 Å². The minimum Gasteiger partial charge on any atom is -0.422 e. The third kappa shape index (κ3) is 4.64. The van der Waals surface area contributed by atoms with Crippen LogP contribution in [0.25, 0.3) is 22.6 Å². The molecule has 0 spiro atoms. The molecule has 0 bridgehead atoms. The Morgan fingerprint density at radius 1 is 1.00 bits per heavy atom. The van der Waals surface area contributed by atoms with Gasteiger partial charge in [-0.15, -0.1) is 0 Å². The Labute approximate surface area is 198 Å². The van der Waals surface area contributed by atoms with Crippen LogP contribution < -0.4 is 4.90 Å². The largest absolute Gasteiger partial charge is 0.422 e. The van der Waals surface area contributed by atoms with Gasteiger partial charge in [0.05, 0.1) is 0 Å². The molecular weight excluding hydrogens is 430 g/mol. The summed E-state index contributed by atoms with van der Waals surface area (Å²) in [4.78, 5) is 30.3. The molecule has 4 heterocycles. The molecule has 1 aliphatic rings. The zero-order valence-electron chi connectivity index (χ0n) is 20.0. The molecule has 1 aliphatic heterocycles. The molecule has 0 unspecified atom stereocenters. The van der Waals surface area contributed by atoms with Crippen molar-refractivity contribution in [2.24, 2.45) is 5.41 Å². The fraction of sp³-hybridized carbons (Fsp3) is 0.400. The molecule has 34 heavy (non-hydrogen) atoms. The second-order valence-electron chi connectivity index (χ2n) is 9.95. The van der Waals surface area contributed by atoms with Crippen molar-refractivity contribution < 1.29 is 9.21 Å². The Hall–Kier alpha value is -3.75. The maximum absolute atomic E-state index is 13.1. The smallest absolute Gasteiger partial charge is 0.300 e. The third-order valence-electron chi connectivity index (χ3n) is 5.78. The van der Waals surface area contributed by atoms with Crippen LogP contribution in [0.2, 0.25) is 0 Å². The van der Waals surface area contributed by atoms with E-state index in [4.69, 9.17) is 4.42 Å². The molecule has 0 atom stereocenters. The molecule has 0 radical (unpaired) electrons. The highest BCUT2D eigenvalue weighted by molar-refractivity contribution is 5.94. The lowest BCUT2D eigenvalue weighted by Crippen LogP contribution is -2.48. The van der Waals surface area contributed by atoms with Gasteiger partial charge in [0, 0.05) is 49.5 Å². The Bertz CT molecular complexity index is 1310. The molecule has 0 aliphatic carbocycles. The Morgan fingerprint density at radius 2 is 1.74 bits per heavy atom. The lowest BCUT2D eigenvalue weighted by molar-refractivity contribution is 0.0745. The summed E-state index contributed by atoms with van der Waals surface area (Å²) in [5, 5.41) is 4.57. The maximum Gasteiger partial charge on any atom is 0.300 e. The summed E-state index contributed by atoms with van der Waals surface area (Å²) < 4.78 is 7.72. The first-order chi connectivity index (χ1) is 16.2. The first-order valence-corrected chi connectivity index (χ1v) is 11.5. The van der Waals surface area contributed by atoms with Gasteiger partial charge in [-0.3, -0.25) is 9.48 Å². The van der Waals surface area contributed by atoms with Gasteiger partial charge in [-0.2, -0.15) is 10.1 Å². The predicted molar refractivity (Wildman–Crippen MR) is 130 cm³/mol. The molecule has 9 nitrogen and oxygen atoms in total. The van der Waals surface area contributed by atoms with Crippen LogP contribution in [-0.2, 0) is 6.54 Å². The number of carbonyl (C=O) groups excluding carboxylic acids is 1. The summed E-state index contributed by atoms with van der Waals surface area (Å²) in [6.45, 7) is 11.7. The van der Waals surface area contributed by atoms with E-state index in [2.05, 4.69) is 45.7 Å². The van der Waals surface area contributed by atoms with Crippen molar-refractivity contribution in [1.82, 2.24) is 29.6 Å². The van der Waals surface area contributed by atoms with E-state index in [1.54, 1.807) is 6.33 Å². The van der Waals surface area contributed by atoms with Gasteiger partial charge in [-0.25, -0.2) is 9.97 Å². The van der Waals surface area contributed by atoms with Crippen LogP contribution >= 0.6 is 0 Å². The van der Waals surface area contributed by atoms with Crippen LogP contribution in [0.3, 0.4) is 0 Å². The van der Waals surface area contributed by atoms with Crippen molar-refractivity contribution in [1.29, 1.82) is 0 Å². The fourth-order valence-electron chi connectivity index (χ4n) is 4.07. The number of oxazole rings is 1. The average molecular weight is 460 g/mol. The number of piperazine rings is 1. The number of nitrogens with zero attached hydrogens (tertiary/aromatic N) is 7. The standard InChI is InChI=1S/C25H29N7O2/c1-17-5-10-20-22(27-17)28-24(34-20)31-13-11-30(12-14-31)23(33)19-8-6-18(7-9-19)21-26-16-32(29-21)15-25(2,3)4/h5-10,16H,11-15H2,1-4H3. The van der Waals surface area contributed by atoms with Crippen molar-refractivity contribution in [3.8, 4) is 11.4 Å². The van der Waals surface area contributed by atoms with Crippen LogP contribution in [0, 0.1) is 12.3 Å². The van der Waals surface area contributed by atoms with Gasteiger partial charge in [0.2, 0.25) is 5.65 Å².